The summed E-state index contributed by atoms with van der Waals surface area (Å²) in [5.41, 5.74) is 9.21. The first kappa shape index (κ1) is 16.1. The Labute approximate surface area is 70.5 Å². The fourth-order valence-corrected chi connectivity index (χ4v) is 0.164. The largest absolute Gasteiger partial charge is 0.366 e. The van der Waals surface area contributed by atoms with Gasteiger partial charge in [-0.25, -0.2) is 0 Å². The van der Waals surface area contributed by atoms with Crippen LogP contribution in [0.3, 0.4) is 0 Å². The predicted octanol–water partition coefficient (Wildman–Crippen LogP) is -0.643. The van der Waals surface area contributed by atoms with Crippen LogP contribution in [0, 0.1) is 0 Å². The Bertz CT molecular complexity index is 130. The van der Waals surface area contributed by atoms with Crippen molar-refractivity contribution < 1.29 is 9.59 Å². The maximum Gasteiger partial charge on any atom is 0.241 e. The highest BCUT2D eigenvalue weighted by atomic mass is 35.5. The van der Waals surface area contributed by atoms with Crippen LogP contribution in [0.2, 0.25) is 0 Å². The molecule has 0 aromatic heterocycles. The molecule has 2 amide bonds. The van der Waals surface area contributed by atoms with Crippen molar-refractivity contribution in [1.82, 2.24) is 0 Å². The quantitative estimate of drug-likeness (QED) is 0.563. The van der Waals surface area contributed by atoms with Crippen molar-refractivity contribution >= 4 is 36.6 Å². The molecule has 10 heavy (non-hydrogen) atoms. The highest BCUT2D eigenvalue weighted by Gasteiger charge is 1.83. The number of amides is 2. The molecule has 0 radical (unpaired) electrons. The zero-order valence-electron chi connectivity index (χ0n) is 4.94. The molecule has 0 heterocycles. The van der Waals surface area contributed by atoms with Crippen molar-refractivity contribution in [1.29, 1.82) is 0 Å². The van der Waals surface area contributed by atoms with Gasteiger partial charge < -0.3 is 11.5 Å². The number of halogens is 2. The molecule has 0 rings (SSSR count). The minimum atomic E-state index is -0.677. The van der Waals surface area contributed by atoms with Gasteiger partial charge in [-0.15, -0.1) is 24.8 Å². The zero-order chi connectivity index (χ0) is 6.57. The summed E-state index contributed by atoms with van der Waals surface area (Å²) in [5, 5.41) is 0. The number of nitrogens with two attached hydrogens (primary N) is 2. The summed E-state index contributed by atoms with van der Waals surface area (Å²) in [6.07, 6.45) is 1.81. The van der Waals surface area contributed by atoms with E-state index in [1.54, 1.807) is 0 Å². The molecule has 0 unspecified atom stereocenters. The summed E-state index contributed by atoms with van der Waals surface area (Å²) in [5.74, 6) is -1.35. The second kappa shape index (κ2) is 8.26. The highest BCUT2D eigenvalue weighted by molar-refractivity contribution is 5.95. The van der Waals surface area contributed by atoms with Gasteiger partial charge in [0.2, 0.25) is 11.8 Å². The van der Waals surface area contributed by atoms with Gasteiger partial charge in [-0.05, 0) is 0 Å². The molecule has 60 valence electrons. The molecule has 0 bridgehead atoms. The predicted molar refractivity (Wildman–Crippen MR) is 42.0 cm³/mol. The van der Waals surface area contributed by atoms with E-state index in [9.17, 15) is 9.59 Å². The van der Waals surface area contributed by atoms with Crippen molar-refractivity contribution in [2.75, 3.05) is 0 Å². The van der Waals surface area contributed by atoms with Crippen molar-refractivity contribution in [2.45, 2.75) is 0 Å². The molecule has 6 heteroatoms. The molecule has 4 nitrogen and oxygen atoms in total. The molecule has 0 saturated carbocycles. The van der Waals surface area contributed by atoms with Crippen molar-refractivity contribution in [2.24, 2.45) is 11.5 Å². The molecule has 0 saturated heterocycles. The summed E-state index contributed by atoms with van der Waals surface area (Å²) in [7, 11) is 0. The Kier molecular flexibility index (Phi) is 13.3. The van der Waals surface area contributed by atoms with Gasteiger partial charge in [0.1, 0.15) is 0 Å². The molecule has 0 aromatic carbocycles. The third kappa shape index (κ3) is 15.7. The molecule has 0 aliphatic carbocycles. The number of hydrogen-bond donors (Lipinski definition) is 2. The SMILES string of the molecule is Cl.Cl.NC(=O)/C=C\C(N)=O. The van der Waals surface area contributed by atoms with Crippen LogP contribution in [-0.4, -0.2) is 11.8 Å². The van der Waals surface area contributed by atoms with Crippen LogP contribution in [0.4, 0.5) is 0 Å². The van der Waals surface area contributed by atoms with Crippen molar-refractivity contribution in [3.63, 3.8) is 0 Å². The first-order chi connectivity index (χ1) is 3.63. The van der Waals surface area contributed by atoms with Gasteiger partial charge >= 0.3 is 0 Å². The molecular weight excluding hydrogens is 179 g/mol. The molecule has 0 fully saturated rings. The molecule has 0 atom stereocenters. The Morgan fingerprint density at radius 3 is 1.20 bits per heavy atom. The first-order valence-electron chi connectivity index (χ1n) is 1.90. The topological polar surface area (TPSA) is 86.2 Å². The Balaban J connectivity index is -0.000000245. The van der Waals surface area contributed by atoms with E-state index in [1.807, 2.05) is 0 Å². The van der Waals surface area contributed by atoms with Crippen LogP contribution in [0.25, 0.3) is 0 Å². The average molecular weight is 187 g/mol. The minimum absolute atomic E-state index is 0. The van der Waals surface area contributed by atoms with Crippen LogP contribution in [-0.2, 0) is 9.59 Å². The highest BCUT2D eigenvalue weighted by Crippen LogP contribution is 1.65. The van der Waals surface area contributed by atoms with Crippen molar-refractivity contribution in [3.05, 3.63) is 12.2 Å². The summed E-state index contributed by atoms with van der Waals surface area (Å²) >= 11 is 0. The fraction of sp³-hybridized carbons (Fsp3) is 0. The van der Waals surface area contributed by atoms with Crippen LogP contribution >= 0.6 is 24.8 Å². The number of carbonyl (C=O) groups excluding carboxylic acids is 2. The van der Waals surface area contributed by atoms with Gasteiger partial charge in [-0.1, -0.05) is 0 Å². The molecule has 0 aliphatic rings. The average Bonchev–Trinajstić information content (AvgIpc) is 1.61. The van der Waals surface area contributed by atoms with E-state index >= 15 is 0 Å². The third-order valence-electron chi connectivity index (χ3n) is 0.412. The summed E-state index contributed by atoms with van der Waals surface area (Å²) in [6.45, 7) is 0. The van der Waals surface area contributed by atoms with Gasteiger partial charge in [0, 0.05) is 12.2 Å². The van der Waals surface area contributed by atoms with Gasteiger partial charge in [0.25, 0.3) is 0 Å². The van der Waals surface area contributed by atoms with Crippen molar-refractivity contribution in [3.8, 4) is 0 Å². The Morgan fingerprint density at radius 1 is 0.900 bits per heavy atom. The number of primary amides is 2. The van der Waals surface area contributed by atoms with Gasteiger partial charge in [-0.3, -0.25) is 9.59 Å². The van der Waals surface area contributed by atoms with E-state index in [4.69, 9.17) is 0 Å². The first-order valence-corrected chi connectivity index (χ1v) is 1.90. The fourth-order valence-electron chi connectivity index (χ4n) is 0.164. The molecular formula is C4H8Cl2N2O2. The summed E-state index contributed by atoms with van der Waals surface area (Å²) in [4.78, 5) is 19.7. The minimum Gasteiger partial charge on any atom is -0.366 e. The number of rotatable bonds is 2. The third-order valence-corrected chi connectivity index (χ3v) is 0.412. The van der Waals surface area contributed by atoms with Crippen LogP contribution in [0.1, 0.15) is 0 Å². The van der Waals surface area contributed by atoms with Gasteiger partial charge in [-0.2, -0.15) is 0 Å². The molecule has 0 aliphatic heterocycles. The lowest BCUT2D eigenvalue weighted by atomic mass is 10.5. The lowest BCUT2D eigenvalue weighted by Gasteiger charge is -1.76. The van der Waals surface area contributed by atoms with Crippen LogP contribution in [0.15, 0.2) is 12.2 Å². The number of hydrogen-bond acceptors (Lipinski definition) is 2. The van der Waals surface area contributed by atoms with E-state index in [0.29, 0.717) is 0 Å². The zero-order valence-corrected chi connectivity index (χ0v) is 6.58. The smallest absolute Gasteiger partial charge is 0.241 e. The maximum atomic E-state index is 9.83. The van der Waals surface area contributed by atoms with Gasteiger partial charge in [0.05, 0.1) is 0 Å². The van der Waals surface area contributed by atoms with E-state index in [2.05, 4.69) is 11.5 Å². The normalized spacial score (nSPS) is 7.60. The van der Waals surface area contributed by atoms with E-state index < -0.39 is 11.8 Å². The second-order valence-corrected chi connectivity index (χ2v) is 1.14. The summed E-state index contributed by atoms with van der Waals surface area (Å²) in [6, 6.07) is 0. The monoisotopic (exact) mass is 186 g/mol. The second-order valence-electron chi connectivity index (χ2n) is 1.14. The molecule has 0 spiro atoms. The van der Waals surface area contributed by atoms with E-state index in [-0.39, 0.29) is 24.8 Å². The lowest BCUT2D eigenvalue weighted by Crippen LogP contribution is -2.10. The van der Waals surface area contributed by atoms with Crippen LogP contribution in [0.5, 0.6) is 0 Å². The Hall–Kier alpha value is -0.740. The van der Waals surface area contributed by atoms with E-state index in [0.717, 1.165) is 12.2 Å². The standard InChI is InChI=1S/C4H6N2O2.2ClH/c5-3(7)1-2-4(6)8;;/h1-2H,(H2,5,7)(H2,6,8);2*1H/b2-1-;;. The lowest BCUT2D eigenvalue weighted by molar-refractivity contribution is -0.115. The maximum absolute atomic E-state index is 9.83. The Morgan fingerprint density at radius 2 is 1.10 bits per heavy atom. The molecule has 0 aromatic rings. The van der Waals surface area contributed by atoms with E-state index in [1.165, 1.54) is 0 Å². The van der Waals surface area contributed by atoms with Gasteiger partial charge in [0.15, 0.2) is 0 Å². The molecule has 4 N–H and O–H groups in total. The number of carbonyl (C=O) groups is 2. The summed E-state index contributed by atoms with van der Waals surface area (Å²) < 4.78 is 0. The van der Waals surface area contributed by atoms with Crippen LogP contribution < -0.4 is 11.5 Å².